The fourth-order valence-electron chi connectivity index (χ4n) is 4.20. The molecule has 8 heteroatoms. The number of halogens is 2. The summed E-state index contributed by atoms with van der Waals surface area (Å²) in [5, 5.41) is 11.5. The molecule has 2 N–H and O–H groups in total. The molecule has 3 aromatic carbocycles. The van der Waals surface area contributed by atoms with E-state index in [1.807, 2.05) is 54.6 Å². The molecule has 5 rings (SSSR count). The van der Waals surface area contributed by atoms with E-state index in [2.05, 4.69) is 20.7 Å². The number of hydrogen-bond donors (Lipinski definition) is 2. The van der Waals surface area contributed by atoms with Crippen LogP contribution in [0.2, 0.25) is 5.02 Å². The number of aromatic nitrogens is 3. The molecular weight excluding hydrogens is 453 g/mol. The molecule has 0 aliphatic carbocycles. The van der Waals surface area contributed by atoms with Crippen molar-refractivity contribution in [2.75, 3.05) is 10.6 Å². The van der Waals surface area contributed by atoms with Crippen LogP contribution in [0.15, 0.2) is 78.9 Å². The smallest absolute Gasteiger partial charge is 0.250 e. The zero-order valence-corrected chi connectivity index (χ0v) is 19.0. The highest BCUT2D eigenvalue weighted by Crippen LogP contribution is 2.38. The number of carbonyl (C=O) groups excluding carboxylic acids is 1. The first-order valence-corrected chi connectivity index (χ1v) is 11.5. The summed E-state index contributed by atoms with van der Waals surface area (Å²) in [5.74, 6) is 0.333. The maximum absolute atomic E-state index is 13.6. The van der Waals surface area contributed by atoms with E-state index in [0.717, 1.165) is 16.7 Å². The van der Waals surface area contributed by atoms with Crippen LogP contribution in [-0.4, -0.2) is 20.7 Å². The van der Waals surface area contributed by atoms with Crippen molar-refractivity contribution < 1.29 is 9.18 Å². The van der Waals surface area contributed by atoms with Crippen molar-refractivity contribution in [1.82, 2.24) is 14.8 Å². The lowest BCUT2D eigenvalue weighted by Crippen LogP contribution is -2.28. The Labute approximate surface area is 201 Å². The Morgan fingerprint density at radius 3 is 2.47 bits per heavy atom. The first kappa shape index (κ1) is 22.1. The minimum Gasteiger partial charge on any atom is -0.347 e. The van der Waals surface area contributed by atoms with Crippen LogP contribution in [0.5, 0.6) is 0 Å². The highest BCUT2D eigenvalue weighted by atomic mass is 35.5. The highest BCUT2D eigenvalue weighted by Gasteiger charge is 2.31. The van der Waals surface area contributed by atoms with Crippen molar-refractivity contribution in [3.8, 4) is 0 Å². The Morgan fingerprint density at radius 2 is 1.74 bits per heavy atom. The number of benzene rings is 3. The van der Waals surface area contributed by atoms with Crippen molar-refractivity contribution in [2.45, 2.75) is 31.3 Å². The third-order valence-corrected chi connectivity index (χ3v) is 6.20. The molecule has 34 heavy (non-hydrogen) atoms. The summed E-state index contributed by atoms with van der Waals surface area (Å²) in [7, 11) is 0. The number of fused-ring (bicyclic) bond motifs is 1. The second kappa shape index (κ2) is 9.65. The highest BCUT2D eigenvalue weighted by molar-refractivity contribution is 6.30. The lowest BCUT2D eigenvalue weighted by atomic mass is 9.93. The Balaban J connectivity index is 1.38. The molecule has 1 aromatic heterocycles. The standard InChI is InChI=1S/C26H23ClFN5O/c27-20-11-7-18(8-12-20)22-16-23(19-9-13-21(28)14-10-19)33-26(29-22)31-25(32-33)30-24(34)15-6-17-4-2-1-3-5-17/h1-5,7-14,22-23H,6,15-16H2,(H2,29,30,31,32,34)/t22-,23+/m0/s1. The monoisotopic (exact) mass is 475 g/mol. The largest absolute Gasteiger partial charge is 0.347 e. The second-order valence-corrected chi connectivity index (χ2v) is 8.73. The molecule has 6 nitrogen and oxygen atoms in total. The summed E-state index contributed by atoms with van der Waals surface area (Å²) in [6.07, 6.45) is 1.64. The van der Waals surface area contributed by atoms with Crippen LogP contribution in [0.1, 0.15) is 41.6 Å². The van der Waals surface area contributed by atoms with Gasteiger partial charge in [-0.3, -0.25) is 10.1 Å². The van der Waals surface area contributed by atoms with Crippen molar-refractivity contribution in [1.29, 1.82) is 0 Å². The molecule has 0 saturated heterocycles. The Morgan fingerprint density at radius 1 is 1.03 bits per heavy atom. The van der Waals surface area contributed by atoms with E-state index in [9.17, 15) is 9.18 Å². The van der Waals surface area contributed by atoms with Gasteiger partial charge >= 0.3 is 0 Å². The minimum atomic E-state index is -0.294. The van der Waals surface area contributed by atoms with E-state index in [1.165, 1.54) is 12.1 Å². The van der Waals surface area contributed by atoms with E-state index >= 15 is 0 Å². The summed E-state index contributed by atoms with van der Waals surface area (Å²) in [4.78, 5) is 17.1. The van der Waals surface area contributed by atoms with E-state index in [1.54, 1.807) is 16.8 Å². The van der Waals surface area contributed by atoms with Crippen molar-refractivity contribution in [3.05, 3.63) is 106 Å². The fourth-order valence-corrected chi connectivity index (χ4v) is 4.32. The average Bonchev–Trinajstić information content (AvgIpc) is 3.26. The molecule has 0 spiro atoms. The SMILES string of the molecule is O=C(CCc1ccccc1)Nc1nc2n(n1)[C@@H](c1ccc(F)cc1)C[C@@H](c1ccc(Cl)cc1)N2. The summed E-state index contributed by atoms with van der Waals surface area (Å²) < 4.78 is 15.3. The fraction of sp³-hybridized carbons (Fsp3) is 0.192. The number of hydrogen-bond acceptors (Lipinski definition) is 4. The third kappa shape index (κ3) is 4.94. The van der Waals surface area contributed by atoms with Gasteiger partial charge in [-0.1, -0.05) is 66.2 Å². The van der Waals surface area contributed by atoms with Gasteiger partial charge in [0, 0.05) is 11.4 Å². The van der Waals surface area contributed by atoms with Crippen LogP contribution in [0, 0.1) is 5.82 Å². The van der Waals surface area contributed by atoms with Crippen molar-refractivity contribution in [2.24, 2.45) is 0 Å². The lowest BCUT2D eigenvalue weighted by Gasteiger charge is -2.31. The average molecular weight is 476 g/mol. The van der Waals surface area contributed by atoms with Crippen LogP contribution in [0.3, 0.4) is 0 Å². The van der Waals surface area contributed by atoms with Gasteiger partial charge < -0.3 is 5.32 Å². The van der Waals surface area contributed by atoms with Crippen molar-refractivity contribution >= 4 is 29.4 Å². The molecule has 0 saturated carbocycles. The summed E-state index contributed by atoms with van der Waals surface area (Å²) in [5.41, 5.74) is 3.06. The number of rotatable bonds is 6. The quantitative estimate of drug-likeness (QED) is 0.370. The van der Waals surface area contributed by atoms with Gasteiger partial charge in [0.15, 0.2) is 0 Å². The van der Waals surface area contributed by atoms with Crippen LogP contribution in [0.25, 0.3) is 0 Å². The molecule has 4 aromatic rings. The molecule has 0 fully saturated rings. The minimum absolute atomic E-state index is 0.0503. The van der Waals surface area contributed by atoms with Crippen LogP contribution < -0.4 is 10.6 Å². The summed E-state index contributed by atoms with van der Waals surface area (Å²) in [6, 6.07) is 23.7. The van der Waals surface area contributed by atoms with Crippen LogP contribution in [-0.2, 0) is 11.2 Å². The second-order valence-electron chi connectivity index (χ2n) is 8.29. The number of carbonyl (C=O) groups is 1. The van der Waals surface area contributed by atoms with Gasteiger partial charge in [0.25, 0.3) is 5.95 Å². The van der Waals surface area contributed by atoms with Gasteiger partial charge in [-0.05, 0) is 53.8 Å². The number of anilines is 2. The molecule has 2 heterocycles. The normalized spacial score (nSPS) is 17.0. The van der Waals surface area contributed by atoms with Gasteiger partial charge in [-0.15, -0.1) is 5.10 Å². The number of aryl methyl sites for hydroxylation is 1. The Bertz CT molecular complexity index is 1280. The Hall–Kier alpha value is -3.71. The maximum atomic E-state index is 13.6. The predicted octanol–water partition coefficient (Wildman–Crippen LogP) is 5.79. The molecule has 0 radical (unpaired) electrons. The van der Waals surface area contributed by atoms with Gasteiger partial charge in [0.1, 0.15) is 5.82 Å². The molecule has 1 aliphatic heterocycles. The maximum Gasteiger partial charge on any atom is 0.250 e. The predicted molar refractivity (Wildman–Crippen MR) is 130 cm³/mol. The lowest BCUT2D eigenvalue weighted by molar-refractivity contribution is -0.116. The van der Waals surface area contributed by atoms with Gasteiger partial charge in [0.2, 0.25) is 11.9 Å². The first-order valence-electron chi connectivity index (χ1n) is 11.1. The Kier molecular flexibility index (Phi) is 6.27. The zero-order chi connectivity index (χ0) is 23.5. The number of amides is 1. The first-order chi connectivity index (χ1) is 16.5. The van der Waals surface area contributed by atoms with E-state index in [0.29, 0.717) is 30.2 Å². The zero-order valence-electron chi connectivity index (χ0n) is 18.3. The topological polar surface area (TPSA) is 71.8 Å². The van der Waals surface area contributed by atoms with Gasteiger partial charge in [0.05, 0.1) is 12.1 Å². The van der Waals surface area contributed by atoms with Crippen molar-refractivity contribution in [3.63, 3.8) is 0 Å². The third-order valence-electron chi connectivity index (χ3n) is 5.95. The number of nitrogens with one attached hydrogen (secondary N) is 2. The van der Waals surface area contributed by atoms with E-state index in [-0.39, 0.29) is 29.8 Å². The molecular formula is C26H23ClFN5O. The molecule has 0 unspecified atom stereocenters. The molecule has 1 aliphatic rings. The number of nitrogens with zero attached hydrogens (tertiary/aromatic N) is 3. The van der Waals surface area contributed by atoms with Crippen LogP contribution in [0.4, 0.5) is 16.3 Å². The molecule has 2 atom stereocenters. The van der Waals surface area contributed by atoms with Gasteiger partial charge in [-0.2, -0.15) is 4.98 Å². The molecule has 172 valence electrons. The summed E-state index contributed by atoms with van der Waals surface area (Å²) >= 11 is 6.06. The summed E-state index contributed by atoms with van der Waals surface area (Å²) in [6.45, 7) is 0. The molecule has 0 bridgehead atoms. The van der Waals surface area contributed by atoms with Gasteiger partial charge in [-0.25, -0.2) is 9.07 Å². The van der Waals surface area contributed by atoms with E-state index in [4.69, 9.17) is 11.6 Å². The molecule has 1 amide bonds. The van der Waals surface area contributed by atoms with Crippen LogP contribution >= 0.6 is 11.6 Å². The van der Waals surface area contributed by atoms with E-state index < -0.39 is 0 Å².